The highest BCUT2D eigenvalue weighted by Gasteiger charge is 2.06. The maximum absolute atomic E-state index is 10.2. The monoisotopic (exact) mass is 338 g/mol. The van der Waals surface area contributed by atoms with Gasteiger partial charge in [-0.2, -0.15) is 0 Å². The first-order chi connectivity index (χ1) is 9.77. The molecule has 0 aliphatic carbocycles. The Labute approximate surface area is 132 Å². The van der Waals surface area contributed by atoms with Crippen LogP contribution in [0.15, 0.2) is 30.3 Å². The lowest BCUT2D eigenvalue weighted by Crippen LogP contribution is -1.97. The summed E-state index contributed by atoms with van der Waals surface area (Å²) in [7, 11) is 0. The van der Waals surface area contributed by atoms with Crippen molar-refractivity contribution >= 4 is 22.0 Å². The SMILES string of the molecule is CCCCCC(O)c1cccc(C=CCCCCBr)c1. The number of alkyl halides is 1. The molecular weight excluding hydrogens is 312 g/mol. The molecule has 0 spiro atoms. The molecule has 1 aromatic rings. The van der Waals surface area contributed by atoms with Gasteiger partial charge in [0.2, 0.25) is 0 Å². The van der Waals surface area contributed by atoms with Gasteiger partial charge in [-0.3, -0.25) is 0 Å². The Morgan fingerprint density at radius 3 is 2.80 bits per heavy atom. The fourth-order valence-electron chi connectivity index (χ4n) is 2.20. The summed E-state index contributed by atoms with van der Waals surface area (Å²) < 4.78 is 0. The highest BCUT2D eigenvalue weighted by molar-refractivity contribution is 9.09. The van der Waals surface area contributed by atoms with Crippen molar-refractivity contribution in [3.8, 4) is 0 Å². The molecule has 2 heteroatoms. The van der Waals surface area contributed by atoms with E-state index in [-0.39, 0.29) is 6.10 Å². The van der Waals surface area contributed by atoms with Gasteiger partial charge >= 0.3 is 0 Å². The molecule has 1 unspecified atom stereocenters. The molecule has 0 fully saturated rings. The minimum Gasteiger partial charge on any atom is -0.388 e. The Balaban J connectivity index is 2.47. The number of benzene rings is 1. The van der Waals surface area contributed by atoms with Gasteiger partial charge in [0.05, 0.1) is 6.10 Å². The van der Waals surface area contributed by atoms with Gasteiger partial charge in [0.15, 0.2) is 0 Å². The number of halogens is 1. The molecule has 1 nitrogen and oxygen atoms in total. The van der Waals surface area contributed by atoms with E-state index in [1.54, 1.807) is 0 Å². The third kappa shape index (κ3) is 7.25. The van der Waals surface area contributed by atoms with Crippen LogP contribution < -0.4 is 0 Å². The Morgan fingerprint density at radius 2 is 2.05 bits per heavy atom. The molecule has 0 aromatic heterocycles. The Morgan fingerprint density at radius 1 is 1.20 bits per heavy atom. The standard InChI is InChI=1S/C18H27BrO/c1-2-3-6-13-18(20)17-12-9-11-16(15-17)10-7-4-5-8-14-19/h7,9-12,15,18,20H,2-6,8,13-14H2,1H3. The van der Waals surface area contributed by atoms with E-state index in [1.165, 1.54) is 31.2 Å². The molecule has 0 bridgehead atoms. The van der Waals surface area contributed by atoms with Gasteiger partial charge in [-0.1, -0.05) is 72.5 Å². The summed E-state index contributed by atoms with van der Waals surface area (Å²) in [6.45, 7) is 2.19. The molecule has 1 aromatic carbocycles. The molecule has 1 rings (SSSR count). The van der Waals surface area contributed by atoms with Gasteiger partial charge in [-0.25, -0.2) is 0 Å². The van der Waals surface area contributed by atoms with Crippen molar-refractivity contribution in [3.05, 3.63) is 41.5 Å². The molecule has 0 radical (unpaired) electrons. The molecule has 112 valence electrons. The quantitative estimate of drug-likeness (QED) is 0.417. The summed E-state index contributed by atoms with van der Waals surface area (Å²) in [6.07, 6.45) is 12.0. The lowest BCUT2D eigenvalue weighted by atomic mass is 10.0. The van der Waals surface area contributed by atoms with E-state index in [0.29, 0.717) is 0 Å². The Bertz CT molecular complexity index is 387. The number of aliphatic hydroxyl groups excluding tert-OH is 1. The van der Waals surface area contributed by atoms with E-state index in [9.17, 15) is 5.11 Å². The number of unbranched alkanes of at least 4 members (excludes halogenated alkanes) is 4. The van der Waals surface area contributed by atoms with Crippen LogP contribution in [0.1, 0.15) is 69.1 Å². The summed E-state index contributed by atoms with van der Waals surface area (Å²) >= 11 is 3.45. The molecule has 0 aliphatic heterocycles. The van der Waals surface area contributed by atoms with Gasteiger partial charge in [0, 0.05) is 5.33 Å². The first-order valence-corrected chi connectivity index (χ1v) is 8.90. The highest BCUT2D eigenvalue weighted by Crippen LogP contribution is 2.21. The summed E-state index contributed by atoms with van der Waals surface area (Å²) in [6, 6.07) is 8.27. The maximum atomic E-state index is 10.2. The molecule has 0 saturated carbocycles. The van der Waals surface area contributed by atoms with E-state index in [1.807, 2.05) is 12.1 Å². The number of hydrogen-bond donors (Lipinski definition) is 1. The zero-order chi connectivity index (χ0) is 14.6. The number of aliphatic hydroxyl groups is 1. The molecule has 0 heterocycles. The summed E-state index contributed by atoms with van der Waals surface area (Å²) in [5, 5.41) is 11.3. The Hall–Kier alpha value is -0.600. The Kier molecular flexibility index (Phi) is 9.69. The van der Waals surface area contributed by atoms with Crippen molar-refractivity contribution in [2.75, 3.05) is 5.33 Å². The van der Waals surface area contributed by atoms with Gasteiger partial charge in [-0.15, -0.1) is 0 Å². The number of allylic oxidation sites excluding steroid dienone is 1. The third-order valence-corrected chi connectivity index (χ3v) is 4.00. The smallest absolute Gasteiger partial charge is 0.0790 e. The minimum atomic E-state index is -0.316. The summed E-state index contributed by atoms with van der Waals surface area (Å²) in [5.74, 6) is 0. The van der Waals surface area contributed by atoms with Gasteiger partial charge in [0.1, 0.15) is 0 Å². The topological polar surface area (TPSA) is 20.2 Å². The van der Waals surface area contributed by atoms with Crippen LogP contribution in [-0.4, -0.2) is 10.4 Å². The van der Waals surface area contributed by atoms with Gasteiger partial charge in [0.25, 0.3) is 0 Å². The van der Waals surface area contributed by atoms with E-state index in [0.717, 1.165) is 30.2 Å². The average Bonchev–Trinajstić information content (AvgIpc) is 2.47. The molecular formula is C18H27BrO. The van der Waals surface area contributed by atoms with E-state index in [2.05, 4.69) is 47.1 Å². The van der Waals surface area contributed by atoms with Crippen LogP contribution in [0, 0.1) is 0 Å². The van der Waals surface area contributed by atoms with Crippen molar-refractivity contribution in [1.29, 1.82) is 0 Å². The fraction of sp³-hybridized carbons (Fsp3) is 0.556. The van der Waals surface area contributed by atoms with Crippen molar-refractivity contribution in [1.82, 2.24) is 0 Å². The molecule has 20 heavy (non-hydrogen) atoms. The van der Waals surface area contributed by atoms with Crippen LogP contribution in [0.4, 0.5) is 0 Å². The zero-order valence-corrected chi connectivity index (χ0v) is 14.1. The predicted octanol–water partition coefficient (Wildman–Crippen LogP) is 5.88. The lowest BCUT2D eigenvalue weighted by molar-refractivity contribution is 0.163. The second-order valence-electron chi connectivity index (χ2n) is 5.27. The normalized spacial score (nSPS) is 12.9. The van der Waals surface area contributed by atoms with E-state index >= 15 is 0 Å². The van der Waals surface area contributed by atoms with Crippen LogP contribution >= 0.6 is 15.9 Å². The first-order valence-electron chi connectivity index (χ1n) is 7.78. The van der Waals surface area contributed by atoms with E-state index < -0.39 is 0 Å². The van der Waals surface area contributed by atoms with Crippen LogP contribution in [0.3, 0.4) is 0 Å². The summed E-state index contributed by atoms with van der Waals surface area (Å²) in [4.78, 5) is 0. The second kappa shape index (κ2) is 11.1. The molecule has 0 saturated heterocycles. The van der Waals surface area contributed by atoms with Gasteiger partial charge in [-0.05, 0) is 42.9 Å². The van der Waals surface area contributed by atoms with Crippen LogP contribution in [-0.2, 0) is 0 Å². The third-order valence-electron chi connectivity index (χ3n) is 3.44. The minimum absolute atomic E-state index is 0.316. The summed E-state index contributed by atoms with van der Waals surface area (Å²) in [5.41, 5.74) is 2.24. The van der Waals surface area contributed by atoms with Crippen molar-refractivity contribution in [2.45, 2.75) is 58.0 Å². The largest absolute Gasteiger partial charge is 0.388 e. The molecule has 1 N–H and O–H groups in total. The van der Waals surface area contributed by atoms with Crippen LogP contribution in [0.25, 0.3) is 6.08 Å². The van der Waals surface area contributed by atoms with Crippen LogP contribution in [0.5, 0.6) is 0 Å². The zero-order valence-electron chi connectivity index (χ0n) is 12.5. The first kappa shape index (κ1) is 17.5. The fourth-order valence-corrected chi connectivity index (χ4v) is 2.60. The van der Waals surface area contributed by atoms with E-state index in [4.69, 9.17) is 0 Å². The number of hydrogen-bond acceptors (Lipinski definition) is 1. The second-order valence-corrected chi connectivity index (χ2v) is 6.06. The maximum Gasteiger partial charge on any atom is 0.0790 e. The molecule has 0 amide bonds. The highest BCUT2D eigenvalue weighted by atomic mass is 79.9. The lowest BCUT2D eigenvalue weighted by Gasteiger charge is -2.11. The van der Waals surface area contributed by atoms with Crippen molar-refractivity contribution in [2.24, 2.45) is 0 Å². The average molecular weight is 339 g/mol. The predicted molar refractivity (Wildman–Crippen MR) is 92.2 cm³/mol. The van der Waals surface area contributed by atoms with Gasteiger partial charge < -0.3 is 5.11 Å². The van der Waals surface area contributed by atoms with Crippen molar-refractivity contribution in [3.63, 3.8) is 0 Å². The van der Waals surface area contributed by atoms with Crippen molar-refractivity contribution < 1.29 is 5.11 Å². The van der Waals surface area contributed by atoms with Crippen LogP contribution in [0.2, 0.25) is 0 Å². The molecule has 0 aliphatic rings. The number of rotatable bonds is 10. The molecule has 1 atom stereocenters.